The van der Waals surface area contributed by atoms with Gasteiger partial charge in [-0.05, 0) is 19.3 Å². The van der Waals surface area contributed by atoms with Gasteiger partial charge in [-0.1, -0.05) is 32.4 Å². The fraction of sp³-hybridized carbons (Fsp3) is 0.667. The molecule has 2 amide bonds. The van der Waals surface area contributed by atoms with Gasteiger partial charge in [-0.3, -0.25) is 0 Å². The number of hydrogen-bond acceptors (Lipinski definition) is 2. The number of carboxylic acids is 1. The normalized spacial score (nSPS) is 12.5. The van der Waals surface area contributed by atoms with Crippen molar-refractivity contribution < 1.29 is 14.7 Å². The minimum atomic E-state index is -1.03. The number of nitrogens with one attached hydrogen (secondary N) is 2. The van der Waals surface area contributed by atoms with E-state index in [-0.39, 0.29) is 0 Å². The summed E-state index contributed by atoms with van der Waals surface area (Å²) in [5.41, 5.74) is 0.565. The Morgan fingerprint density at radius 2 is 1.82 bits per heavy atom. The number of amides is 2. The van der Waals surface area contributed by atoms with E-state index in [1.807, 2.05) is 19.9 Å². The molecule has 0 saturated heterocycles. The molecule has 0 rings (SSSR count). The van der Waals surface area contributed by atoms with E-state index >= 15 is 0 Å². The van der Waals surface area contributed by atoms with Crippen molar-refractivity contribution >= 4 is 12.0 Å². The first kappa shape index (κ1) is 15.5. The highest BCUT2D eigenvalue weighted by Crippen LogP contribution is 2.19. The van der Waals surface area contributed by atoms with E-state index in [1.165, 1.54) is 0 Å². The maximum Gasteiger partial charge on any atom is 0.326 e. The zero-order chi connectivity index (χ0) is 13.6. The molecular weight excluding hydrogens is 220 g/mol. The van der Waals surface area contributed by atoms with Gasteiger partial charge in [0.25, 0.3) is 0 Å². The number of rotatable bonds is 4. The van der Waals surface area contributed by atoms with E-state index in [0.717, 1.165) is 5.57 Å². The summed E-state index contributed by atoms with van der Waals surface area (Å²) in [6.07, 6.45) is 1.85. The van der Waals surface area contributed by atoms with E-state index in [4.69, 9.17) is 5.11 Å². The second-order valence-corrected chi connectivity index (χ2v) is 5.27. The Bertz CT molecular complexity index is 312. The lowest BCUT2D eigenvalue weighted by Gasteiger charge is -2.27. The van der Waals surface area contributed by atoms with Crippen LogP contribution in [0.15, 0.2) is 11.6 Å². The van der Waals surface area contributed by atoms with Gasteiger partial charge in [0.05, 0.1) is 0 Å². The van der Waals surface area contributed by atoms with Crippen molar-refractivity contribution in [2.24, 2.45) is 5.41 Å². The molecule has 0 saturated carbocycles. The summed E-state index contributed by atoms with van der Waals surface area (Å²) in [6, 6.07) is -1.38. The topological polar surface area (TPSA) is 78.4 Å². The van der Waals surface area contributed by atoms with Gasteiger partial charge in [0, 0.05) is 6.54 Å². The summed E-state index contributed by atoms with van der Waals surface area (Å²) in [6.45, 7) is 9.54. The summed E-state index contributed by atoms with van der Waals surface area (Å²) in [5, 5.41) is 14.0. The summed E-state index contributed by atoms with van der Waals surface area (Å²) in [4.78, 5) is 22.5. The minimum absolute atomic E-state index is 0.394. The minimum Gasteiger partial charge on any atom is -0.480 e. The lowest BCUT2D eigenvalue weighted by atomic mass is 9.87. The Kier molecular flexibility index (Phi) is 5.71. The summed E-state index contributed by atoms with van der Waals surface area (Å²) < 4.78 is 0. The van der Waals surface area contributed by atoms with Crippen LogP contribution in [0.3, 0.4) is 0 Å². The second kappa shape index (κ2) is 6.27. The third-order valence-corrected chi connectivity index (χ3v) is 2.16. The van der Waals surface area contributed by atoms with Crippen LogP contribution >= 0.6 is 0 Å². The highest BCUT2D eigenvalue weighted by atomic mass is 16.4. The molecule has 0 aromatic rings. The molecule has 1 unspecified atom stereocenters. The Morgan fingerprint density at radius 1 is 1.29 bits per heavy atom. The predicted octanol–water partition coefficient (Wildman–Crippen LogP) is 1.75. The van der Waals surface area contributed by atoms with Crippen molar-refractivity contribution in [1.82, 2.24) is 10.6 Å². The number of carbonyl (C=O) groups is 2. The van der Waals surface area contributed by atoms with Gasteiger partial charge in [-0.15, -0.1) is 0 Å². The van der Waals surface area contributed by atoms with Crippen molar-refractivity contribution in [3.63, 3.8) is 0 Å². The zero-order valence-electron chi connectivity index (χ0n) is 11.1. The lowest BCUT2D eigenvalue weighted by Crippen LogP contribution is -2.52. The molecule has 0 heterocycles. The molecule has 0 aliphatic carbocycles. The van der Waals surface area contributed by atoms with Crippen molar-refractivity contribution in [2.45, 2.75) is 40.7 Å². The van der Waals surface area contributed by atoms with Gasteiger partial charge >= 0.3 is 12.0 Å². The summed E-state index contributed by atoms with van der Waals surface area (Å²) >= 11 is 0. The maximum atomic E-state index is 11.5. The van der Waals surface area contributed by atoms with E-state index < -0.39 is 23.5 Å². The Hall–Kier alpha value is -1.52. The molecular formula is C12H22N2O3. The van der Waals surface area contributed by atoms with Crippen molar-refractivity contribution in [3.8, 4) is 0 Å². The molecule has 0 fully saturated rings. The lowest BCUT2D eigenvalue weighted by molar-refractivity contribution is -0.141. The fourth-order valence-corrected chi connectivity index (χ4v) is 1.18. The van der Waals surface area contributed by atoms with Gasteiger partial charge in [0.2, 0.25) is 0 Å². The molecule has 1 atom stereocenters. The van der Waals surface area contributed by atoms with Gasteiger partial charge < -0.3 is 15.7 Å². The molecule has 0 aromatic carbocycles. The second-order valence-electron chi connectivity index (χ2n) is 5.27. The number of urea groups is 1. The van der Waals surface area contributed by atoms with Gasteiger partial charge in [0.1, 0.15) is 6.04 Å². The maximum absolute atomic E-state index is 11.5. The average Bonchev–Trinajstić information content (AvgIpc) is 2.11. The fourth-order valence-electron chi connectivity index (χ4n) is 1.18. The molecule has 98 valence electrons. The highest BCUT2D eigenvalue weighted by molar-refractivity contribution is 5.83. The molecule has 0 aliphatic heterocycles. The Labute approximate surface area is 102 Å². The van der Waals surface area contributed by atoms with Gasteiger partial charge in [0.15, 0.2) is 0 Å². The number of carbonyl (C=O) groups excluding carboxylic acids is 1. The molecule has 0 spiro atoms. The first-order valence-electron chi connectivity index (χ1n) is 5.55. The number of allylic oxidation sites excluding steroid dienone is 1. The number of aliphatic carboxylic acids is 1. The van der Waals surface area contributed by atoms with Gasteiger partial charge in [-0.25, -0.2) is 9.59 Å². The smallest absolute Gasteiger partial charge is 0.326 e. The predicted molar refractivity (Wildman–Crippen MR) is 66.8 cm³/mol. The molecule has 5 heteroatoms. The van der Waals surface area contributed by atoms with Crippen LogP contribution in [0.1, 0.15) is 34.6 Å². The van der Waals surface area contributed by atoms with Crippen LogP contribution in [0.5, 0.6) is 0 Å². The van der Waals surface area contributed by atoms with Crippen molar-refractivity contribution in [1.29, 1.82) is 0 Å². The van der Waals surface area contributed by atoms with Gasteiger partial charge in [-0.2, -0.15) is 0 Å². The standard InChI is InChI=1S/C12H22N2O3/c1-8(2)6-7-13-11(17)14-9(10(15)16)12(3,4)5/h6,9H,7H2,1-5H3,(H,15,16)(H2,13,14,17). The van der Waals surface area contributed by atoms with Crippen LogP contribution in [-0.2, 0) is 4.79 Å². The van der Waals surface area contributed by atoms with E-state index in [0.29, 0.717) is 6.54 Å². The van der Waals surface area contributed by atoms with Crippen molar-refractivity contribution in [3.05, 3.63) is 11.6 Å². The monoisotopic (exact) mass is 242 g/mol. The molecule has 0 radical (unpaired) electrons. The molecule has 3 N–H and O–H groups in total. The number of carboxylic acid groups (broad SMARTS) is 1. The SMILES string of the molecule is CC(C)=CCNC(=O)NC(C(=O)O)C(C)(C)C. The molecule has 0 aliphatic rings. The van der Waals surface area contributed by atoms with E-state index in [9.17, 15) is 9.59 Å². The van der Waals surface area contributed by atoms with Crippen LogP contribution in [0.4, 0.5) is 4.79 Å². The van der Waals surface area contributed by atoms with Crippen molar-refractivity contribution in [2.75, 3.05) is 6.54 Å². The molecule has 0 aromatic heterocycles. The molecule has 5 nitrogen and oxygen atoms in total. The largest absolute Gasteiger partial charge is 0.480 e. The Balaban J connectivity index is 4.34. The first-order chi connectivity index (χ1) is 7.64. The zero-order valence-corrected chi connectivity index (χ0v) is 11.1. The third kappa shape index (κ3) is 6.60. The van der Waals surface area contributed by atoms with Crippen LogP contribution in [-0.4, -0.2) is 29.7 Å². The van der Waals surface area contributed by atoms with Crippen LogP contribution < -0.4 is 10.6 Å². The Morgan fingerprint density at radius 3 is 2.18 bits per heavy atom. The van der Waals surface area contributed by atoms with Crippen LogP contribution in [0, 0.1) is 5.41 Å². The van der Waals surface area contributed by atoms with E-state index in [1.54, 1.807) is 20.8 Å². The summed E-state index contributed by atoms with van der Waals surface area (Å²) in [5.74, 6) is -1.03. The quantitative estimate of drug-likeness (QED) is 0.657. The number of hydrogen-bond donors (Lipinski definition) is 3. The summed E-state index contributed by atoms with van der Waals surface area (Å²) in [7, 11) is 0. The van der Waals surface area contributed by atoms with Crippen LogP contribution in [0.2, 0.25) is 0 Å². The molecule has 0 bridgehead atoms. The van der Waals surface area contributed by atoms with Crippen LogP contribution in [0.25, 0.3) is 0 Å². The first-order valence-corrected chi connectivity index (χ1v) is 5.55. The third-order valence-electron chi connectivity index (χ3n) is 2.16. The molecule has 17 heavy (non-hydrogen) atoms. The average molecular weight is 242 g/mol. The van der Waals surface area contributed by atoms with E-state index in [2.05, 4.69) is 10.6 Å². The highest BCUT2D eigenvalue weighted by Gasteiger charge is 2.32.